The van der Waals surface area contributed by atoms with Gasteiger partial charge in [0.05, 0.1) is 17.5 Å². The number of carbonyl (C=O) groups is 2. The summed E-state index contributed by atoms with van der Waals surface area (Å²) < 4.78 is 1.11. The molecule has 4 heteroatoms. The maximum absolute atomic E-state index is 12.7. The van der Waals surface area contributed by atoms with E-state index in [1.807, 2.05) is 25.1 Å². The molecule has 1 aliphatic carbocycles. The van der Waals surface area contributed by atoms with E-state index in [0.717, 1.165) is 27.7 Å². The number of hydrogen-bond donors (Lipinski definition) is 0. The Hall–Kier alpha value is -1.17. The smallest absolute Gasteiger partial charge is 0.238 e. The number of carbonyl (C=O) groups excluding carboxylic acids is 2. The molecule has 3 rings (SSSR count). The molecule has 0 N–H and O–H groups in total. The number of allylic oxidation sites excluding steroid dienone is 2. The van der Waals surface area contributed by atoms with Crippen molar-refractivity contribution in [1.29, 1.82) is 0 Å². The molecule has 3 nitrogen and oxygen atoms in total. The lowest BCUT2D eigenvalue weighted by Gasteiger charge is -2.23. The average Bonchev–Trinajstić information content (AvgIpc) is 2.64. The highest BCUT2D eigenvalue weighted by Crippen LogP contribution is 2.42. The molecule has 2 aliphatic rings. The van der Waals surface area contributed by atoms with Crippen LogP contribution in [0.2, 0.25) is 0 Å². The first-order chi connectivity index (χ1) is 9.90. The van der Waals surface area contributed by atoms with Crippen molar-refractivity contribution in [1.82, 2.24) is 0 Å². The van der Waals surface area contributed by atoms with Gasteiger partial charge in [0, 0.05) is 3.57 Å². The first-order valence-corrected chi connectivity index (χ1v) is 8.27. The van der Waals surface area contributed by atoms with Gasteiger partial charge in [-0.2, -0.15) is 0 Å². The van der Waals surface area contributed by atoms with Gasteiger partial charge >= 0.3 is 0 Å². The van der Waals surface area contributed by atoms with Crippen molar-refractivity contribution in [2.75, 3.05) is 4.90 Å². The molecule has 1 aliphatic heterocycles. The SMILES string of the molecule is CC1=C(C)C[C@@H]2C(=O)N(c3ccc(I)cc3C)C(=O)[C@H]2C1. The topological polar surface area (TPSA) is 37.4 Å². The van der Waals surface area contributed by atoms with Crippen LogP contribution in [-0.2, 0) is 9.59 Å². The predicted molar refractivity (Wildman–Crippen MR) is 91.0 cm³/mol. The van der Waals surface area contributed by atoms with Crippen LogP contribution in [0.4, 0.5) is 5.69 Å². The van der Waals surface area contributed by atoms with Crippen molar-refractivity contribution in [3.05, 3.63) is 38.5 Å². The van der Waals surface area contributed by atoms with E-state index in [-0.39, 0.29) is 23.7 Å². The standard InChI is InChI=1S/C17H18INO2/c1-9-7-13-14(8-10(9)2)17(21)19(16(13)20)15-5-4-12(18)6-11(15)3/h4-6,13-14H,7-8H2,1-3H3/t13-,14-/m0/s1. The lowest BCUT2D eigenvalue weighted by Crippen LogP contribution is -2.31. The largest absolute Gasteiger partial charge is 0.274 e. The van der Waals surface area contributed by atoms with E-state index in [1.54, 1.807) is 0 Å². The Bertz CT molecular complexity index is 645. The van der Waals surface area contributed by atoms with E-state index in [9.17, 15) is 9.59 Å². The van der Waals surface area contributed by atoms with Crippen molar-refractivity contribution in [2.24, 2.45) is 11.8 Å². The van der Waals surface area contributed by atoms with Crippen LogP contribution in [0.1, 0.15) is 32.3 Å². The summed E-state index contributed by atoms with van der Waals surface area (Å²) in [4.78, 5) is 26.9. The van der Waals surface area contributed by atoms with Crippen molar-refractivity contribution in [2.45, 2.75) is 33.6 Å². The Morgan fingerprint density at radius 1 is 1.00 bits per heavy atom. The molecule has 2 atom stereocenters. The van der Waals surface area contributed by atoms with Gasteiger partial charge in [-0.1, -0.05) is 11.1 Å². The molecule has 2 amide bonds. The molecule has 0 spiro atoms. The predicted octanol–water partition coefficient (Wildman–Crippen LogP) is 3.84. The maximum Gasteiger partial charge on any atom is 0.238 e. The number of halogens is 1. The van der Waals surface area contributed by atoms with Gasteiger partial charge < -0.3 is 0 Å². The fourth-order valence-electron chi connectivity index (χ4n) is 3.36. The van der Waals surface area contributed by atoms with Crippen LogP contribution in [0.3, 0.4) is 0 Å². The summed E-state index contributed by atoms with van der Waals surface area (Å²) >= 11 is 2.24. The second kappa shape index (κ2) is 5.23. The zero-order chi connectivity index (χ0) is 15.3. The highest BCUT2D eigenvalue weighted by atomic mass is 127. The van der Waals surface area contributed by atoms with Gasteiger partial charge in [-0.3, -0.25) is 9.59 Å². The van der Waals surface area contributed by atoms with Crippen LogP contribution < -0.4 is 4.90 Å². The molecular formula is C17H18INO2. The average molecular weight is 395 g/mol. The Balaban J connectivity index is 2.00. The van der Waals surface area contributed by atoms with Crippen molar-refractivity contribution < 1.29 is 9.59 Å². The summed E-state index contributed by atoms with van der Waals surface area (Å²) in [5, 5.41) is 0. The molecule has 21 heavy (non-hydrogen) atoms. The van der Waals surface area contributed by atoms with Crippen LogP contribution in [0.25, 0.3) is 0 Å². The van der Waals surface area contributed by atoms with E-state index in [0.29, 0.717) is 0 Å². The zero-order valence-corrected chi connectivity index (χ0v) is 14.6. The van der Waals surface area contributed by atoms with Crippen molar-refractivity contribution >= 4 is 40.1 Å². The van der Waals surface area contributed by atoms with Crippen LogP contribution >= 0.6 is 22.6 Å². The van der Waals surface area contributed by atoms with Gasteiger partial charge in [0.25, 0.3) is 0 Å². The molecular weight excluding hydrogens is 377 g/mol. The summed E-state index contributed by atoms with van der Waals surface area (Å²) in [5.74, 6) is -0.387. The molecule has 1 heterocycles. The van der Waals surface area contributed by atoms with E-state index < -0.39 is 0 Å². The number of imide groups is 1. The number of hydrogen-bond acceptors (Lipinski definition) is 2. The molecule has 0 unspecified atom stereocenters. The number of amides is 2. The molecule has 1 fully saturated rings. The van der Waals surface area contributed by atoms with Crippen molar-refractivity contribution in [3.63, 3.8) is 0 Å². The van der Waals surface area contributed by atoms with E-state index in [2.05, 4.69) is 36.4 Å². The molecule has 1 aromatic rings. The second-order valence-electron chi connectivity index (χ2n) is 6.12. The number of aryl methyl sites for hydroxylation is 1. The number of anilines is 1. The molecule has 0 aromatic heterocycles. The van der Waals surface area contributed by atoms with Gasteiger partial charge in [0.15, 0.2) is 0 Å². The quantitative estimate of drug-likeness (QED) is 0.412. The number of fused-ring (bicyclic) bond motifs is 1. The van der Waals surface area contributed by atoms with Crippen LogP contribution in [0.5, 0.6) is 0 Å². The van der Waals surface area contributed by atoms with E-state index >= 15 is 0 Å². The van der Waals surface area contributed by atoms with Gasteiger partial charge in [0.1, 0.15) is 0 Å². The first-order valence-electron chi connectivity index (χ1n) is 7.19. The Labute approximate surface area is 138 Å². The lowest BCUT2D eigenvalue weighted by atomic mass is 9.78. The van der Waals surface area contributed by atoms with Gasteiger partial charge in [0.2, 0.25) is 11.8 Å². The summed E-state index contributed by atoms with van der Waals surface area (Å²) in [5.41, 5.74) is 4.25. The highest BCUT2D eigenvalue weighted by molar-refractivity contribution is 14.1. The number of rotatable bonds is 1. The summed E-state index contributed by atoms with van der Waals surface area (Å²) in [6.07, 6.45) is 1.45. The summed E-state index contributed by atoms with van der Waals surface area (Å²) in [7, 11) is 0. The highest BCUT2D eigenvalue weighted by Gasteiger charge is 2.49. The van der Waals surface area contributed by atoms with Gasteiger partial charge in [-0.15, -0.1) is 0 Å². The first kappa shape index (κ1) is 14.8. The third kappa shape index (κ3) is 2.33. The normalized spacial score (nSPS) is 25.6. The van der Waals surface area contributed by atoms with E-state index in [1.165, 1.54) is 16.0 Å². The fraction of sp³-hybridized carbons (Fsp3) is 0.412. The van der Waals surface area contributed by atoms with Crippen molar-refractivity contribution in [3.8, 4) is 0 Å². The zero-order valence-electron chi connectivity index (χ0n) is 12.4. The Morgan fingerprint density at radius 2 is 1.52 bits per heavy atom. The number of nitrogens with zero attached hydrogens (tertiary/aromatic N) is 1. The number of benzene rings is 1. The van der Waals surface area contributed by atoms with E-state index in [4.69, 9.17) is 0 Å². The van der Waals surface area contributed by atoms with Crippen LogP contribution in [-0.4, -0.2) is 11.8 Å². The second-order valence-corrected chi connectivity index (χ2v) is 7.37. The summed E-state index contributed by atoms with van der Waals surface area (Å²) in [6, 6.07) is 5.84. The van der Waals surface area contributed by atoms with Gasteiger partial charge in [-0.05, 0) is 80.0 Å². The molecule has 1 aromatic carbocycles. The lowest BCUT2D eigenvalue weighted by molar-refractivity contribution is -0.122. The maximum atomic E-state index is 12.7. The third-order valence-corrected chi connectivity index (χ3v) is 5.41. The van der Waals surface area contributed by atoms with Crippen LogP contribution in [0, 0.1) is 22.3 Å². The molecule has 0 radical (unpaired) electrons. The molecule has 0 bridgehead atoms. The third-order valence-electron chi connectivity index (χ3n) is 4.74. The molecule has 0 saturated carbocycles. The minimum absolute atomic E-state index is 0.0267. The Kier molecular flexibility index (Phi) is 3.67. The summed E-state index contributed by atoms with van der Waals surface area (Å²) in [6.45, 7) is 6.10. The fourth-order valence-corrected chi connectivity index (χ4v) is 4.01. The van der Waals surface area contributed by atoms with Crippen LogP contribution in [0.15, 0.2) is 29.3 Å². The molecule has 1 saturated heterocycles. The Morgan fingerprint density at radius 3 is 2.00 bits per heavy atom. The molecule has 110 valence electrons. The van der Waals surface area contributed by atoms with Gasteiger partial charge in [-0.25, -0.2) is 4.90 Å². The minimum Gasteiger partial charge on any atom is -0.274 e. The minimum atomic E-state index is -0.167. The monoisotopic (exact) mass is 395 g/mol.